The van der Waals surface area contributed by atoms with Gasteiger partial charge in [0.25, 0.3) is 0 Å². The maximum atomic E-state index is 6.02. The number of benzene rings is 1. The molecule has 2 rings (SSSR count). The van der Waals surface area contributed by atoms with E-state index in [9.17, 15) is 0 Å². The maximum Gasteiger partial charge on any atom is 0.106 e. The summed E-state index contributed by atoms with van der Waals surface area (Å²) in [5.41, 5.74) is 9.24. The molecule has 0 atom stereocenters. The molecule has 3 nitrogen and oxygen atoms in total. The second kappa shape index (κ2) is 4.47. The highest BCUT2D eigenvalue weighted by Crippen LogP contribution is 2.22. The first kappa shape index (κ1) is 12.1. The lowest BCUT2D eigenvalue weighted by Gasteiger charge is -2.11. The van der Waals surface area contributed by atoms with Crippen LogP contribution < -0.4 is 5.73 Å². The summed E-state index contributed by atoms with van der Waals surface area (Å²) >= 11 is 11.1. The summed E-state index contributed by atoms with van der Waals surface area (Å²) < 4.78 is 1.72. The van der Waals surface area contributed by atoms with E-state index in [1.807, 2.05) is 32.0 Å². The Morgan fingerprint density at radius 3 is 2.65 bits per heavy atom. The van der Waals surface area contributed by atoms with Crippen LogP contribution in [0, 0.1) is 13.8 Å². The first-order valence-electron chi connectivity index (χ1n) is 5.12. The number of nitrogens with zero attached hydrogens (tertiary/aromatic N) is 2. The Morgan fingerprint density at radius 2 is 2.12 bits per heavy atom. The van der Waals surface area contributed by atoms with Crippen LogP contribution in [0.15, 0.2) is 24.4 Å². The van der Waals surface area contributed by atoms with E-state index in [1.54, 1.807) is 10.9 Å². The van der Waals surface area contributed by atoms with Crippen LogP contribution in [0.1, 0.15) is 16.8 Å². The first-order chi connectivity index (χ1) is 8.00. The second-order valence-electron chi connectivity index (χ2n) is 3.84. The molecule has 1 heterocycles. The fourth-order valence-electron chi connectivity index (χ4n) is 1.72. The van der Waals surface area contributed by atoms with Crippen molar-refractivity contribution in [1.29, 1.82) is 0 Å². The molecule has 0 fully saturated rings. The smallest absolute Gasteiger partial charge is 0.106 e. The largest absolute Gasteiger partial charge is 0.389 e. The van der Waals surface area contributed by atoms with Gasteiger partial charge in [0.1, 0.15) is 4.99 Å². The van der Waals surface area contributed by atoms with Crippen molar-refractivity contribution in [2.24, 2.45) is 5.73 Å². The van der Waals surface area contributed by atoms with E-state index in [-0.39, 0.29) is 0 Å². The van der Waals surface area contributed by atoms with Gasteiger partial charge in [-0.25, -0.2) is 4.68 Å². The fourth-order valence-corrected chi connectivity index (χ4v) is 2.01. The summed E-state index contributed by atoms with van der Waals surface area (Å²) in [6.07, 6.45) is 1.76. The van der Waals surface area contributed by atoms with Crippen LogP contribution in [0.2, 0.25) is 5.02 Å². The van der Waals surface area contributed by atoms with Crippen LogP contribution in [0.4, 0.5) is 0 Å². The van der Waals surface area contributed by atoms with E-state index < -0.39 is 0 Å². The lowest BCUT2D eigenvalue weighted by molar-refractivity contribution is 0.854. The zero-order valence-electron chi connectivity index (χ0n) is 9.57. The quantitative estimate of drug-likeness (QED) is 0.850. The van der Waals surface area contributed by atoms with Gasteiger partial charge in [0.2, 0.25) is 0 Å². The Hall–Kier alpha value is -1.39. The predicted octanol–water partition coefficient (Wildman–Crippen LogP) is 2.78. The number of para-hydroxylation sites is 1. The normalized spacial score (nSPS) is 10.5. The van der Waals surface area contributed by atoms with Crippen molar-refractivity contribution < 1.29 is 0 Å². The third-order valence-electron chi connectivity index (χ3n) is 2.57. The highest BCUT2D eigenvalue weighted by molar-refractivity contribution is 7.80. The minimum absolute atomic E-state index is 0.355. The van der Waals surface area contributed by atoms with Gasteiger partial charge in [-0.15, -0.1) is 0 Å². The third kappa shape index (κ3) is 2.18. The van der Waals surface area contributed by atoms with Crippen LogP contribution in [-0.4, -0.2) is 14.8 Å². The van der Waals surface area contributed by atoms with Gasteiger partial charge in [-0.2, -0.15) is 5.10 Å². The molecular formula is C12H12ClN3S. The first-order valence-corrected chi connectivity index (χ1v) is 5.91. The van der Waals surface area contributed by atoms with Gasteiger partial charge >= 0.3 is 0 Å². The summed E-state index contributed by atoms with van der Waals surface area (Å²) in [5, 5.41) is 4.98. The van der Waals surface area contributed by atoms with Crippen LogP contribution in [0.25, 0.3) is 5.69 Å². The summed E-state index contributed by atoms with van der Waals surface area (Å²) in [7, 11) is 0. The molecule has 0 amide bonds. The number of aromatic nitrogens is 2. The SMILES string of the molecule is Cc1cccc(C(N)=S)c1-n1cc(Cl)c(C)n1. The lowest BCUT2D eigenvalue weighted by atomic mass is 10.1. The maximum absolute atomic E-state index is 6.02. The molecule has 1 aromatic carbocycles. The Kier molecular flexibility index (Phi) is 3.17. The predicted molar refractivity (Wildman–Crippen MR) is 73.9 cm³/mol. The van der Waals surface area contributed by atoms with Crippen LogP contribution >= 0.6 is 23.8 Å². The molecule has 17 heavy (non-hydrogen) atoms. The molecule has 0 saturated heterocycles. The molecule has 5 heteroatoms. The average molecular weight is 266 g/mol. The summed E-state index contributed by atoms with van der Waals surface area (Å²) in [6, 6.07) is 5.79. The highest BCUT2D eigenvalue weighted by atomic mass is 35.5. The molecule has 0 aliphatic rings. The van der Waals surface area contributed by atoms with Crippen LogP contribution in [0.5, 0.6) is 0 Å². The number of aryl methyl sites for hydroxylation is 2. The fraction of sp³-hybridized carbons (Fsp3) is 0.167. The van der Waals surface area contributed by atoms with E-state index in [1.165, 1.54) is 0 Å². The van der Waals surface area contributed by atoms with E-state index in [0.717, 1.165) is 22.5 Å². The van der Waals surface area contributed by atoms with Crippen molar-refractivity contribution in [3.63, 3.8) is 0 Å². The van der Waals surface area contributed by atoms with Crippen molar-refractivity contribution in [3.8, 4) is 5.69 Å². The topological polar surface area (TPSA) is 43.8 Å². The Labute approximate surface area is 110 Å². The summed E-state index contributed by atoms with van der Waals surface area (Å²) in [5.74, 6) is 0. The van der Waals surface area contributed by atoms with Crippen molar-refractivity contribution in [1.82, 2.24) is 9.78 Å². The number of rotatable bonds is 2. The van der Waals surface area contributed by atoms with Crippen molar-refractivity contribution in [2.45, 2.75) is 13.8 Å². The number of hydrogen-bond acceptors (Lipinski definition) is 2. The van der Waals surface area contributed by atoms with Crippen molar-refractivity contribution in [3.05, 3.63) is 46.2 Å². The van der Waals surface area contributed by atoms with Crippen molar-refractivity contribution >= 4 is 28.8 Å². The van der Waals surface area contributed by atoms with Gasteiger partial charge in [-0.1, -0.05) is 36.0 Å². The van der Waals surface area contributed by atoms with E-state index in [2.05, 4.69) is 5.10 Å². The van der Waals surface area contributed by atoms with Crippen LogP contribution in [-0.2, 0) is 0 Å². The molecule has 2 aromatic rings. The van der Waals surface area contributed by atoms with Crippen molar-refractivity contribution in [2.75, 3.05) is 0 Å². The highest BCUT2D eigenvalue weighted by Gasteiger charge is 2.12. The number of nitrogens with two attached hydrogens (primary N) is 1. The molecule has 0 aliphatic heterocycles. The molecule has 2 N–H and O–H groups in total. The number of thiocarbonyl (C=S) groups is 1. The van der Waals surface area contributed by atoms with Gasteiger partial charge in [0.05, 0.1) is 16.4 Å². The molecule has 0 aliphatic carbocycles. The van der Waals surface area contributed by atoms with Gasteiger partial charge in [0, 0.05) is 11.8 Å². The molecule has 88 valence electrons. The van der Waals surface area contributed by atoms with Crippen LogP contribution in [0.3, 0.4) is 0 Å². The van der Waals surface area contributed by atoms with Gasteiger partial charge < -0.3 is 5.73 Å². The van der Waals surface area contributed by atoms with E-state index >= 15 is 0 Å². The molecule has 0 radical (unpaired) electrons. The molecule has 0 spiro atoms. The average Bonchev–Trinajstić information content (AvgIpc) is 2.58. The third-order valence-corrected chi connectivity index (χ3v) is 3.16. The number of hydrogen-bond donors (Lipinski definition) is 1. The molecular weight excluding hydrogens is 254 g/mol. The summed E-state index contributed by atoms with van der Waals surface area (Å²) in [6.45, 7) is 3.85. The molecule has 0 unspecified atom stereocenters. The van der Waals surface area contributed by atoms with Gasteiger partial charge in [0.15, 0.2) is 0 Å². The monoisotopic (exact) mass is 265 g/mol. The molecule has 0 bridgehead atoms. The Balaban J connectivity index is 2.69. The van der Waals surface area contributed by atoms with E-state index in [4.69, 9.17) is 29.6 Å². The Morgan fingerprint density at radius 1 is 1.41 bits per heavy atom. The standard InChI is InChI=1S/C12H12ClN3S/c1-7-4-3-5-9(12(14)17)11(7)16-6-10(13)8(2)15-16/h3-6H,1-2H3,(H2,14,17). The molecule has 1 aromatic heterocycles. The van der Waals surface area contributed by atoms with Gasteiger partial charge in [-0.05, 0) is 25.5 Å². The minimum atomic E-state index is 0.355. The second-order valence-corrected chi connectivity index (χ2v) is 4.69. The number of halogens is 1. The lowest BCUT2D eigenvalue weighted by Crippen LogP contribution is -2.14. The van der Waals surface area contributed by atoms with E-state index in [0.29, 0.717) is 10.0 Å². The zero-order valence-corrected chi connectivity index (χ0v) is 11.1. The zero-order chi connectivity index (χ0) is 12.6. The summed E-state index contributed by atoms with van der Waals surface area (Å²) in [4.78, 5) is 0.355. The van der Waals surface area contributed by atoms with Gasteiger partial charge in [-0.3, -0.25) is 0 Å². The Bertz CT molecular complexity index is 570. The minimum Gasteiger partial charge on any atom is -0.389 e. The molecule has 0 saturated carbocycles.